The van der Waals surface area contributed by atoms with Gasteiger partial charge in [-0.1, -0.05) is 26.2 Å². The van der Waals surface area contributed by atoms with Crippen molar-refractivity contribution < 1.29 is 4.43 Å². The van der Waals surface area contributed by atoms with E-state index in [9.17, 15) is 0 Å². The monoisotopic (exact) mass is 232 g/mol. The zero-order valence-electron chi connectivity index (χ0n) is 10.2. The van der Waals surface area contributed by atoms with Crippen LogP contribution in [-0.2, 0) is 4.43 Å². The molecule has 1 saturated heterocycles. The Bertz CT molecular complexity index is 191. The van der Waals surface area contributed by atoms with Crippen LogP contribution in [0.2, 0.25) is 45.3 Å². The SMILES string of the molecule is CC1C[Si](C)(C)[Si](C)(C)[Si](C)(C)O1. The summed E-state index contributed by atoms with van der Waals surface area (Å²) < 4.78 is 6.26. The van der Waals surface area contributed by atoms with Gasteiger partial charge in [0.25, 0.3) is 0 Å². The zero-order valence-corrected chi connectivity index (χ0v) is 13.2. The van der Waals surface area contributed by atoms with Crippen molar-refractivity contribution in [3.8, 4) is 0 Å². The fourth-order valence-corrected chi connectivity index (χ4v) is 32.6. The van der Waals surface area contributed by atoms with Crippen molar-refractivity contribution in [1.82, 2.24) is 0 Å². The summed E-state index contributed by atoms with van der Waals surface area (Å²) in [4.78, 5) is 0. The van der Waals surface area contributed by atoms with Crippen LogP contribution in [0.15, 0.2) is 0 Å². The maximum atomic E-state index is 6.26. The van der Waals surface area contributed by atoms with E-state index in [0.717, 1.165) is 0 Å². The Morgan fingerprint density at radius 1 is 1.00 bits per heavy atom. The lowest BCUT2D eigenvalue weighted by atomic mass is 10.5. The van der Waals surface area contributed by atoms with Gasteiger partial charge in [0.05, 0.1) is 7.11 Å². The lowest BCUT2D eigenvalue weighted by Crippen LogP contribution is -2.75. The second kappa shape index (κ2) is 3.05. The second-order valence-electron chi connectivity index (χ2n) is 6.15. The van der Waals surface area contributed by atoms with Gasteiger partial charge in [0, 0.05) is 13.7 Å². The summed E-state index contributed by atoms with van der Waals surface area (Å²) in [6.07, 6.45) is 0.545. The molecule has 1 unspecified atom stereocenters. The topological polar surface area (TPSA) is 9.23 Å². The quantitative estimate of drug-likeness (QED) is 0.583. The largest absolute Gasteiger partial charge is 0.418 e. The Balaban J connectivity index is 3.03. The Morgan fingerprint density at radius 2 is 1.46 bits per heavy atom. The van der Waals surface area contributed by atoms with E-state index in [0.29, 0.717) is 6.10 Å². The molecule has 0 aromatic heterocycles. The maximum absolute atomic E-state index is 6.26. The van der Waals surface area contributed by atoms with Crippen LogP contribution in [0.1, 0.15) is 6.92 Å². The molecule has 1 rings (SSSR count). The van der Waals surface area contributed by atoms with Crippen LogP contribution in [0.4, 0.5) is 0 Å². The molecule has 0 aliphatic carbocycles. The summed E-state index contributed by atoms with van der Waals surface area (Å²) in [5.41, 5.74) is 0. The Hall–Kier alpha value is 0.611. The van der Waals surface area contributed by atoms with Crippen LogP contribution in [0.5, 0.6) is 0 Å². The Morgan fingerprint density at radius 3 is 1.85 bits per heavy atom. The first-order valence-corrected chi connectivity index (χ1v) is 16.4. The molecule has 0 radical (unpaired) electrons. The van der Waals surface area contributed by atoms with Gasteiger partial charge < -0.3 is 4.43 Å². The molecule has 0 amide bonds. The highest BCUT2D eigenvalue weighted by atomic mass is 29.6. The maximum Gasteiger partial charge on any atom is 0.171 e. The van der Waals surface area contributed by atoms with Gasteiger partial charge >= 0.3 is 0 Å². The van der Waals surface area contributed by atoms with Crippen LogP contribution in [0.3, 0.4) is 0 Å². The van der Waals surface area contributed by atoms with E-state index in [2.05, 4.69) is 46.2 Å². The van der Waals surface area contributed by atoms with Crippen LogP contribution < -0.4 is 0 Å². The molecule has 1 nitrogen and oxygen atoms in total. The highest BCUT2D eigenvalue weighted by Crippen LogP contribution is 2.38. The van der Waals surface area contributed by atoms with Crippen molar-refractivity contribution in [3.63, 3.8) is 0 Å². The normalized spacial score (nSPS) is 35.8. The van der Waals surface area contributed by atoms with Gasteiger partial charge in [-0.15, -0.1) is 0 Å². The summed E-state index contributed by atoms with van der Waals surface area (Å²) in [5.74, 6) is 0. The predicted octanol–water partition coefficient (Wildman–Crippen LogP) is 3.18. The standard InChI is InChI=1S/C9H24OSi3/c1-9-8-11(2,3)13(6,7)12(4,5)10-9/h9H,8H2,1-7H3. The van der Waals surface area contributed by atoms with Gasteiger partial charge in [0.1, 0.15) is 0 Å². The summed E-state index contributed by atoms with van der Waals surface area (Å²) in [6, 6.07) is 1.39. The van der Waals surface area contributed by atoms with E-state index in [1.54, 1.807) is 0 Å². The lowest BCUT2D eigenvalue weighted by Gasteiger charge is -2.54. The summed E-state index contributed by atoms with van der Waals surface area (Å²) in [6.45, 7) is 17.5. The van der Waals surface area contributed by atoms with Crippen LogP contribution in [-0.4, -0.2) is 28.6 Å². The molecule has 1 aliphatic heterocycles. The molecule has 0 bridgehead atoms. The molecular formula is C9H24OSi3. The summed E-state index contributed by atoms with van der Waals surface area (Å²) in [7, 11) is -3.29. The van der Waals surface area contributed by atoms with E-state index < -0.39 is 22.5 Å². The average molecular weight is 233 g/mol. The fourth-order valence-electron chi connectivity index (χ4n) is 2.48. The van der Waals surface area contributed by atoms with E-state index in [4.69, 9.17) is 4.43 Å². The third-order valence-corrected chi connectivity index (χ3v) is 45.1. The minimum atomic E-state index is -1.32. The van der Waals surface area contributed by atoms with Crippen LogP contribution in [0.25, 0.3) is 0 Å². The third-order valence-electron chi connectivity index (χ3n) is 4.49. The smallest absolute Gasteiger partial charge is 0.171 e. The first kappa shape index (κ1) is 11.7. The highest BCUT2D eigenvalue weighted by molar-refractivity contribution is 7.67. The zero-order chi connectivity index (χ0) is 10.5. The van der Waals surface area contributed by atoms with Gasteiger partial charge in [-0.25, -0.2) is 0 Å². The molecule has 78 valence electrons. The molecule has 13 heavy (non-hydrogen) atoms. The number of hydrogen-bond acceptors (Lipinski definition) is 1. The van der Waals surface area contributed by atoms with Crippen molar-refractivity contribution in [2.75, 3.05) is 0 Å². The van der Waals surface area contributed by atoms with Gasteiger partial charge in [-0.05, 0) is 26.1 Å². The van der Waals surface area contributed by atoms with Crippen molar-refractivity contribution in [2.24, 2.45) is 0 Å². The van der Waals surface area contributed by atoms with Crippen molar-refractivity contribution >= 4 is 22.5 Å². The van der Waals surface area contributed by atoms with Crippen molar-refractivity contribution in [2.45, 2.75) is 58.4 Å². The van der Waals surface area contributed by atoms with Gasteiger partial charge in [0.15, 0.2) is 7.83 Å². The average Bonchev–Trinajstić information content (AvgIpc) is 1.80. The second-order valence-corrected chi connectivity index (χ2v) is 33.5. The summed E-state index contributed by atoms with van der Waals surface area (Å²) >= 11 is 0. The highest BCUT2D eigenvalue weighted by Gasteiger charge is 2.57. The summed E-state index contributed by atoms with van der Waals surface area (Å²) in [5, 5.41) is 0. The van der Waals surface area contributed by atoms with E-state index in [1.807, 2.05) is 0 Å². The first-order valence-electron chi connectivity index (χ1n) is 5.28. The van der Waals surface area contributed by atoms with Gasteiger partial charge in [-0.2, -0.15) is 0 Å². The molecule has 1 aliphatic rings. The molecule has 4 heteroatoms. The third kappa shape index (κ3) is 1.73. The van der Waals surface area contributed by atoms with Gasteiger partial charge in [-0.3, -0.25) is 0 Å². The minimum Gasteiger partial charge on any atom is -0.418 e. The molecule has 1 fully saturated rings. The van der Waals surface area contributed by atoms with Crippen molar-refractivity contribution in [1.29, 1.82) is 0 Å². The van der Waals surface area contributed by atoms with E-state index >= 15 is 0 Å². The first-order chi connectivity index (χ1) is 5.60. The van der Waals surface area contributed by atoms with Crippen molar-refractivity contribution in [3.05, 3.63) is 0 Å². The molecule has 0 N–H and O–H groups in total. The molecule has 1 atom stereocenters. The minimum absolute atomic E-state index is 0.545. The molecule has 0 aromatic carbocycles. The number of rotatable bonds is 0. The van der Waals surface area contributed by atoms with Crippen LogP contribution >= 0.6 is 0 Å². The molecule has 0 spiro atoms. The van der Waals surface area contributed by atoms with Gasteiger partial charge in [0.2, 0.25) is 0 Å². The van der Waals surface area contributed by atoms with E-state index in [-0.39, 0.29) is 0 Å². The molecular weight excluding hydrogens is 208 g/mol. The Labute approximate surface area is 85.6 Å². The molecule has 1 heterocycles. The fraction of sp³-hybridized carbons (Fsp3) is 1.00. The Kier molecular flexibility index (Phi) is 2.74. The van der Waals surface area contributed by atoms with E-state index in [1.165, 1.54) is 6.04 Å². The molecule has 0 aromatic rings. The lowest BCUT2D eigenvalue weighted by molar-refractivity contribution is 0.235. The molecule has 0 saturated carbocycles. The predicted molar refractivity (Wildman–Crippen MR) is 67.8 cm³/mol. The number of hydrogen-bond donors (Lipinski definition) is 0. The van der Waals surface area contributed by atoms with Crippen LogP contribution in [0, 0.1) is 0 Å².